The SMILES string of the molecule is CC1CC(N)CN(CC(=O)NCCc2ccccc2)C1. The Morgan fingerprint density at radius 3 is 2.80 bits per heavy atom. The van der Waals surface area contributed by atoms with Crippen molar-refractivity contribution in [3.63, 3.8) is 0 Å². The van der Waals surface area contributed by atoms with Gasteiger partial charge in [-0.05, 0) is 24.3 Å². The van der Waals surface area contributed by atoms with Gasteiger partial charge in [0.05, 0.1) is 6.54 Å². The molecule has 1 saturated heterocycles. The van der Waals surface area contributed by atoms with Gasteiger partial charge in [-0.1, -0.05) is 37.3 Å². The van der Waals surface area contributed by atoms with E-state index in [9.17, 15) is 4.79 Å². The maximum atomic E-state index is 11.9. The van der Waals surface area contributed by atoms with Crippen LogP contribution in [0.3, 0.4) is 0 Å². The third-order valence-corrected chi connectivity index (χ3v) is 3.71. The number of likely N-dealkylation sites (tertiary alicyclic amines) is 1. The van der Waals surface area contributed by atoms with Crippen LogP contribution in [0.2, 0.25) is 0 Å². The monoisotopic (exact) mass is 275 g/mol. The third kappa shape index (κ3) is 4.94. The van der Waals surface area contributed by atoms with Crippen molar-refractivity contribution >= 4 is 5.91 Å². The predicted molar refractivity (Wildman–Crippen MR) is 81.4 cm³/mol. The van der Waals surface area contributed by atoms with Crippen LogP contribution in [0, 0.1) is 5.92 Å². The normalized spacial score (nSPS) is 23.5. The molecule has 0 saturated carbocycles. The number of nitrogens with zero attached hydrogens (tertiary/aromatic N) is 1. The molecule has 0 radical (unpaired) electrons. The van der Waals surface area contributed by atoms with Gasteiger partial charge in [0.2, 0.25) is 5.91 Å². The number of carbonyl (C=O) groups excluding carboxylic acids is 1. The summed E-state index contributed by atoms with van der Waals surface area (Å²) in [6, 6.07) is 10.4. The second-order valence-electron chi connectivity index (χ2n) is 5.88. The Morgan fingerprint density at radius 2 is 2.10 bits per heavy atom. The van der Waals surface area contributed by atoms with E-state index < -0.39 is 0 Å². The van der Waals surface area contributed by atoms with Crippen LogP contribution in [-0.2, 0) is 11.2 Å². The van der Waals surface area contributed by atoms with Crippen LogP contribution >= 0.6 is 0 Å². The number of nitrogens with two attached hydrogens (primary N) is 1. The summed E-state index contributed by atoms with van der Waals surface area (Å²) in [5, 5.41) is 2.99. The fraction of sp³-hybridized carbons (Fsp3) is 0.562. The number of hydrogen-bond acceptors (Lipinski definition) is 3. The molecule has 2 unspecified atom stereocenters. The van der Waals surface area contributed by atoms with Crippen molar-refractivity contribution in [1.82, 2.24) is 10.2 Å². The molecule has 20 heavy (non-hydrogen) atoms. The lowest BCUT2D eigenvalue weighted by molar-refractivity contribution is -0.122. The Bertz CT molecular complexity index is 411. The zero-order valence-electron chi connectivity index (χ0n) is 12.2. The zero-order chi connectivity index (χ0) is 14.4. The van der Waals surface area contributed by atoms with Crippen molar-refractivity contribution in [1.29, 1.82) is 0 Å². The largest absolute Gasteiger partial charge is 0.355 e. The van der Waals surface area contributed by atoms with Gasteiger partial charge in [-0.15, -0.1) is 0 Å². The summed E-state index contributed by atoms with van der Waals surface area (Å²) in [7, 11) is 0. The lowest BCUT2D eigenvalue weighted by Crippen LogP contribution is -2.49. The average molecular weight is 275 g/mol. The van der Waals surface area contributed by atoms with Crippen molar-refractivity contribution < 1.29 is 4.79 Å². The highest BCUT2D eigenvalue weighted by atomic mass is 16.2. The van der Waals surface area contributed by atoms with Crippen LogP contribution in [0.4, 0.5) is 0 Å². The van der Waals surface area contributed by atoms with E-state index in [1.165, 1.54) is 5.56 Å². The second kappa shape index (κ2) is 7.41. The molecule has 4 heteroatoms. The van der Waals surface area contributed by atoms with Gasteiger partial charge in [0.15, 0.2) is 0 Å². The van der Waals surface area contributed by atoms with Gasteiger partial charge in [0.25, 0.3) is 0 Å². The van der Waals surface area contributed by atoms with Crippen LogP contribution < -0.4 is 11.1 Å². The van der Waals surface area contributed by atoms with E-state index in [0.29, 0.717) is 19.0 Å². The molecule has 1 fully saturated rings. The fourth-order valence-electron chi connectivity index (χ4n) is 2.89. The van der Waals surface area contributed by atoms with Gasteiger partial charge in [-0.3, -0.25) is 9.69 Å². The van der Waals surface area contributed by atoms with Gasteiger partial charge in [-0.25, -0.2) is 0 Å². The molecule has 3 N–H and O–H groups in total. The molecule has 1 heterocycles. The van der Waals surface area contributed by atoms with E-state index in [2.05, 4.69) is 29.3 Å². The highest BCUT2D eigenvalue weighted by Crippen LogP contribution is 2.14. The van der Waals surface area contributed by atoms with Crippen LogP contribution in [-0.4, -0.2) is 43.0 Å². The van der Waals surface area contributed by atoms with Gasteiger partial charge < -0.3 is 11.1 Å². The number of amides is 1. The van der Waals surface area contributed by atoms with Crippen molar-refractivity contribution in [2.75, 3.05) is 26.2 Å². The number of benzene rings is 1. The van der Waals surface area contributed by atoms with Crippen molar-refractivity contribution in [3.8, 4) is 0 Å². The fourth-order valence-corrected chi connectivity index (χ4v) is 2.89. The quantitative estimate of drug-likeness (QED) is 0.843. The Balaban J connectivity index is 1.67. The smallest absolute Gasteiger partial charge is 0.234 e. The number of carbonyl (C=O) groups is 1. The summed E-state index contributed by atoms with van der Waals surface area (Å²) in [5.74, 6) is 0.679. The average Bonchev–Trinajstić information content (AvgIpc) is 2.38. The van der Waals surface area contributed by atoms with Crippen molar-refractivity contribution in [2.24, 2.45) is 11.7 Å². The molecule has 1 amide bonds. The second-order valence-corrected chi connectivity index (χ2v) is 5.88. The van der Waals surface area contributed by atoms with E-state index in [0.717, 1.165) is 25.9 Å². The number of piperidine rings is 1. The first-order chi connectivity index (χ1) is 9.63. The minimum atomic E-state index is 0.0993. The van der Waals surface area contributed by atoms with E-state index in [4.69, 9.17) is 5.73 Å². The van der Waals surface area contributed by atoms with Crippen LogP contribution in [0.5, 0.6) is 0 Å². The van der Waals surface area contributed by atoms with Crippen LogP contribution in [0.1, 0.15) is 18.9 Å². The maximum absolute atomic E-state index is 11.9. The van der Waals surface area contributed by atoms with E-state index >= 15 is 0 Å². The standard InChI is InChI=1S/C16H25N3O/c1-13-9-15(17)11-19(10-13)12-16(20)18-8-7-14-5-3-2-4-6-14/h2-6,13,15H,7-12,17H2,1H3,(H,18,20). The van der Waals surface area contributed by atoms with Gasteiger partial charge in [0.1, 0.15) is 0 Å². The highest BCUT2D eigenvalue weighted by molar-refractivity contribution is 5.78. The number of hydrogen-bond donors (Lipinski definition) is 2. The molecule has 0 bridgehead atoms. The molecule has 2 atom stereocenters. The molecule has 0 aliphatic carbocycles. The van der Waals surface area contributed by atoms with Crippen LogP contribution in [0.15, 0.2) is 30.3 Å². The molecular formula is C16H25N3O. The zero-order valence-corrected chi connectivity index (χ0v) is 12.2. The van der Waals surface area contributed by atoms with Gasteiger partial charge >= 0.3 is 0 Å². The molecule has 110 valence electrons. The molecule has 0 aromatic heterocycles. The predicted octanol–water partition coefficient (Wildman–Crippen LogP) is 1.01. The van der Waals surface area contributed by atoms with Gasteiger partial charge in [-0.2, -0.15) is 0 Å². The number of nitrogens with one attached hydrogen (secondary N) is 1. The Morgan fingerprint density at radius 1 is 1.35 bits per heavy atom. The molecule has 1 aliphatic rings. The lowest BCUT2D eigenvalue weighted by Gasteiger charge is -2.34. The highest BCUT2D eigenvalue weighted by Gasteiger charge is 2.23. The molecule has 1 aliphatic heterocycles. The first-order valence-corrected chi connectivity index (χ1v) is 7.42. The lowest BCUT2D eigenvalue weighted by atomic mass is 9.97. The van der Waals surface area contributed by atoms with Gasteiger partial charge in [0, 0.05) is 25.7 Å². The van der Waals surface area contributed by atoms with Crippen molar-refractivity contribution in [2.45, 2.75) is 25.8 Å². The van der Waals surface area contributed by atoms with E-state index in [1.54, 1.807) is 0 Å². The Hall–Kier alpha value is -1.39. The minimum Gasteiger partial charge on any atom is -0.355 e. The first-order valence-electron chi connectivity index (χ1n) is 7.42. The Labute approximate surface area is 121 Å². The maximum Gasteiger partial charge on any atom is 0.234 e. The summed E-state index contributed by atoms with van der Waals surface area (Å²) < 4.78 is 0. The summed E-state index contributed by atoms with van der Waals surface area (Å²) in [6.07, 6.45) is 1.94. The summed E-state index contributed by atoms with van der Waals surface area (Å²) in [6.45, 7) is 5.15. The summed E-state index contributed by atoms with van der Waals surface area (Å²) >= 11 is 0. The minimum absolute atomic E-state index is 0.0993. The third-order valence-electron chi connectivity index (χ3n) is 3.71. The first kappa shape index (κ1) is 15.0. The Kier molecular flexibility index (Phi) is 5.56. The molecule has 1 aromatic carbocycles. The summed E-state index contributed by atoms with van der Waals surface area (Å²) in [5.41, 5.74) is 7.25. The van der Waals surface area contributed by atoms with E-state index in [1.807, 2.05) is 18.2 Å². The topological polar surface area (TPSA) is 58.4 Å². The molecule has 1 aromatic rings. The summed E-state index contributed by atoms with van der Waals surface area (Å²) in [4.78, 5) is 14.1. The molecule has 0 spiro atoms. The molecular weight excluding hydrogens is 250 g/mol. The van der Waals surface area contributed by atoms with Crippen molar-refractivity contribution in [3.05, 3.63) is 35.9 Å². The van der Waals surface area contributed by atoms with Crippen LogP contribution in [0.25, 0.3) is 0 Å². The number of rotatable bonds is 5. The molecule has 4 nitrogen and oxygen atoms in total. The van der Waals surface area contributed by atoms with E-state index in [-0.39, 0.29) is 11.9 Å². The molecule has 2 rings (SSSR count).